The van der Waals surface area contributed by atoms with Gasteiger partial charge in [0.15, 0.2) is 0 Å². The average Bonchev–Trinajstić information content (AvgIpc) is 2.73. The summed E-state index contributed by atoms with van der Waals surface area (Å²) in [6.07, 6.45) is 8.81. The lowest BCUT2D eigenvalue weighted by molar-refractivity contribution is 0.556. The standard InChI is InChI=1S/C15H26N4S/c1-3-11(2)20-10-13-17-14(19-15(16)18-13)12-8-6-4-5-7-9-12/h11-12H,3-10H2,1-2H3,(H2,16,17,18,19). The van der Waals surface area contributed by atoms with Crippen molar-refractivity contribution in [2.45, 2.75) is 75.7 Å². The van der Waals surface area contributed by atoms with Gasteiger partial charge in [-0.25, -0.2) is 4.98 Å². The van der Waals surface area contributed by atoms with Crippen molar-refractivity contribution < 1.29 is 0 Å². The summed E-state index contributed by atoms with van der Waals surface area (Å²) in [6, 6.07) is 0. The number of nitrogen functional groups attached to an aromatic ring is 1. The molecular weight excluding hydrogens is 268 g/mol. The van der Waals surface area contributed by atoms with Gasteiger partial charge in [0.1, 0.15) is 11.6 Å². The Bertz CT molecular complexity index is 416. The summed E-state index contributed by atoms with van der Waals surface area (Å²) >= 11 is 1.89. The summed E-state index contributed by atoms with van der Waals surface area (Å²) in [4.78, 5) is 13.4. The summed E-state index contributed by atoms with van der Waals surface area (Å²) in [5.74, 6) is 3.48. The molecule has 1 aliphatic carbocycles. The van der Waals surface area contributed by atoms with E-state index in [-0.39, 0.29) is 0 Å². The Balaban J connectivity index is 2.06. The van der Waals surface area contributed by atoms with Gasteiger partial charge in [-0.2, -0.15) is 21.7 Å². The maximum Gasteiger partial charge on any atom is 0.223 e. The first-order chi connectivity index (χ1) is 9.69. The Morgan fingerprint density at radius 3 is 2.50 bits per heavy atom. The molecule has 0 saturated heterocycles. The number of rotatable bonds is 5. The third-order valence-electron chi connectivity index (χ3n) is 4.01. The van der Waals surface area contributed by atoms with Gasteiger partial charge in [-0.1, -0.05) is 39.5 Å². The van der Waals surface area contributed by atoms with E-state index < -0.39 is 0 Å². The minimum absolute atomic E-state index is 0.388. The van der Waals surface area contributed by atoms with Crippen LogP contribution in [0.3, 0.4) is 0 Å². The molecule has 0 aromatic carbocycles. The second kappa shape index (κ2) is 7.81. The molecule has 0 amide bonds. The molecule has 0 spiro atoms. The molecule has 4 nitrogen and oxygen atoms in total. The zero-order valence-electron chi connectivity index (χ0n) is 12.6. The Kier molecular flexibility index (Phi) is 6.07. The monoisotopic (exact) mass is 294 g/mol. The lowest BCUT2D eigenvalue weighted by Crippen LogP contribution is -2.11. The zero-order chi connectivity index (χ0) is 14.4. The first-order valence-electron chi connectivity index (χ1n) is 7.81. The normalized spacial score (nSPS) is 18.7. The van der Waals surface area contributed by atoms with Gasteiger partial charge in [-0.15, -0.1) is 0 Å². The van der Waals surface area contributed by atoms with E-state index in [0.29, 0.717) is 17.1 Å². The first-order valence-corrected chi connectivity index (χ1v) is 8.85. The third-order valence-corrected chi connectivity index (χ3v) is 5.34. The van der Waals surface area contributed by atoms with Crippen molar-refractivity contribution in [2.24, 2.45) is 0 Å². The van der Waals surface area contributed by atoms with Crippen molar-refractivity contribution in [2.75, 3.05) is 5.73 Å². The summed E-state index contributed by atoms with van der Waals surface area (Å²) in [6.45, 7) is 4.44. The van der Waals surface area contributed by atoms with Crippen LogP contribution < -0.4 is 5.73 Å². The minimum atomic E-state index is 0.388. The molecule has 0 bridgehead atoms. The van der Waals surface area contributed by atoms with Crippen molar-refractivity contribution in [3.63, 3.8) is 0 Å². The van der Waals surface area contributed by atoms with Crippen LogP contribution in [0.2, 0.25) is 0 Å². The maximum absolute atomic E-state index is 5.87. The molecule has 1 unspecified atom stereocenters. The highest BCUT2D eigenvalue weighted by atomic mass is 32.2. The molecule has 20 heavy (non-hydrogen) atoms. The number of aromatic nitrogens is 3. The quantitative estimate of drug-likeness (QED) is 0.834. The fourth-order valence-corrected chi connectivity index (χ4v) is 3.37. The lowest BCUT2D eigenvalue weighted by Gasteiger charge is -2.14. The fourth-order valence-electron chi connectivity index (χ4n) is 2.58. The zero-order valence-corrected chi connectivity index (χ0v) is 13.5. The van der Waals surface area contributed by atoms with Crippen molar-refractivity contribution in [3.05, 3.63) is 11.6 Å². The van der Waals surface area contributed by atoms with Gasteiger partial charge >= 0.3 is 0 Å². The molecule has 2 N–H and O–H groups in total. The summed E-state index contributed by atoms with van der Waals surface area (Å²) in [5.41, 5.74) is 5.87. The van der Waals surface area contributed by atoms with E-state index in [0.717, 1.165) is 17.4 Å². The maximum atomic E-state index is 5.87. The lowest BCUT2D eigenvalue weighted by atomic mass is 10.00. The highest BCUT2D eigenvalue weighted by Crippen LogP contribution is 2.30. The van der Waals surface area contributed by atoms with Crippen LogP contribution in [0.25, 0.3) is 0 Å². The molecule has 1 heterocycles. The van der Waals surface area contributed by atoms with Crippen molar-refractivity contribution in [1.29, 1.82) is 0 Å². The van der Waals surface area contributed by atoms with Crippen LogP contribution in [0.5, 0.6) is 0 Å². The van der Waals surface area contributed by atoms with E-state index in [4.69, 9.17) is 5.73 Å². The van der Waals surface area contributed by atoms with Crippen LogP contribution in [-0.2, 0) is 5.75 Å². The molecule has 1 aromatic heterocycles. The molecular formula is C15H26N4S. The molecule has 1 aromatic rings. The largest absolute Gasteiger partial charge is 0.368 e. The molecule has 1 aliphatic rings. The summed E-state index contributed by atoms with van der Waals surface area (Å²) < 4.78 is 0. The second-order valence-corrected chi connectivity index (χ2v) is 7.11. The van der Waals surface area contributed by atoms with E-state index in [1.807, 2.05) is 11.8 Å². The minimum Gasteiger partial charge on any atom is -0.368 e. The van der Waals surface area contributed by atoms with Gasteiger partial charge in [0.2, 0.25) is 5.95 Å². The average molecular weight is 294 g/mol. The summed E-state index contributed by atoms with van der Waals surface area (Å²) in [5, 5.41) is 0.634. The van der Waals surface area contributed by atoms with E-state index in [9.17, 15) is 0 Å². The second-order valence-electron chi connectivity index (χ2n) is 5.69. The molecule has 2 rings (SSSR count). The summed E-state index contributed by atoms with van der Waals surface area (Å²) in [7, 11) is 0. The van der Waals surface area contributed by atoms with E-state index in [1.54, 1.807) is 0 Å². The van der Waals surface area contributed by atoms with Crippen LogP contribution in [0.4, 0.5) is 5.95 Å². The van der Waals surface area contributed by atoms with E-state index in [2.05, 4.69) is 28.8 Å². The topological polar surface area (TPSA) is 64.7 Å². The van der Waals surface area contributed by atoms with Crippen molar-refractivity contribution in [3.8, 4) is 0 Å². The van der Waals surface area contributed by atoms with Crippen LogP contribution in [-0.4, -0.2) is 20.2 Å². The van der Waals surface area contributed by atoms with Gasteiger partial charge in [0.25, 0.3) is 0 Å². The first kappa shape index (κ1) is 15.5. The molecule has 112 valence electrons. The number of hydrogen-bond acceptors (Lipinski definition) is 5. The van der Waals surface area contributed by atoms with Crippen molar-refractivity contribution >= 4 is 17.7 Å². The van der Waals surface area contributed by atoms with Gasteiger partial charge in [-0.05, 0) is 19.3 Å². The SMILES string of the molecule is CCC(C)SCc1nc(N)nc(C2CCCCCC2)n1. The molecule has 0 radical (unpaired) electrons. The Morgan fingerprint density at radius 1 is 1.15 bits per heavy atom. The number of nitrogens with two attached hydrogens (primary N) is 1. The van der Waals surface area contributed by atoms with E-state index >= 15 is 0 Å². The van der Waals surface area contributed by atoms with Gasteiger partial charge < -0.3 is 5.73 Å². The van der Waals surface area contributed by atoms with Crippen LogP contribution in [0, 0.1) is 0 Å². The number of nitrogens with zero attached hydrogens (tertiary/aromatic N) is 3. The van der Waals surface area contributed by atoms with Crippen molar-refractivity contribution in [1.82, 2.24) is 15.0 Å². The Hall–Kier alpha value is -0.840. The molecule has 5 heteroatoms. The highest BCUT2D eigenvalue weighted by Gasteiger charge is 2.18. The highest BCUT2D eigenvalue weighted by molar-refractivity contribution is 7.99. The Labute approximate surface area is 126 Å². The van der Waals surface area contributed by atoms with E-state index in [1.165, 1.54) is 44.9 Å². The van der Waals surface area contributed by atoms with Gasteiger partial charge in [0, 0.05) is 11.2 Å². The number of anilines is 1. The van der Waals surface area contributed by atoms with Crippen LogP contribution in [0.15, 0.2) is 0 Å². The van der Waals surface area contributed by atoms with Gasteiger partial charge in [-0.3, -0.25) is 0 Å². The fraction of sp³-hybridized carbons (Fsp3) is 0.800. The van der Waals surface area contributed by atoms with Gasteiger partial charge in [0.05, 0.1) is 5.75 Å². The molecule has 1 atom stereocenters. The number of thioether (sulfide) groups is 1. The molecule has 1 fully saturated rings. The smallest absolute Gasteiger partial charge is 0.223 e. The van der Waals surface area contributed by atoms with Crippen LogP contribution >= 0.6 is 11.8 Å². The predicted octanol–water partition coefficient (Wildman–Crippen LogP) is 3.92. The Morgan fingerprint density at radius 2 is 1.85 bits per heavy atom. The third kappa shape index (κ3) is 4.62. The predicted molar refractivity (Wildman–Crippen MR) is 85.7 cm³/mol. The molecule has 0 aliphatic heterocycles. The van der Waals surface area contributed by atoms with Crippen LogP contribution in [0.1, 0.15) is 76.4 Å². The number of hydrogen-bond donors (Lipinski definition) is 1. The molecule has 1 saturated carbocycles.